The lowest BCUT2D eigenvalue weighted by Gasteiger charge is -2.17. The Balaban J connectivity index is 2.15. The molecule has 0 heterocycles. The maximum atomic E-state index is 12.4. The molecule has 11 heteroatoms. The van der Waals surface area contributed by atoms with E-state index in [1.165, 1.54) is 40.4 Å². The monoisotopic (exact) mass is 469 g/mol. The van der Waals surface area contributed by atoms with Crippen molar-refractivity contribution in [3.63, 3.8) is 0 Å². The van der Waals surface area contributed by atoms with E-state index >= 15 is 0 Å². The molecular weight excluding hydrogens is 442 g/mol. The minimum Gasteiger partial charge on any atom is -0.496 e. The average Bonchev–Trinajstić information content (AvgIpc) is 2.70. The van der Waals surface area contributed by atoms with E-state index in [0.717, 1.165) is 14.9 Å². The number of rotatable bonds is 9. The molecule has 170 valence electrons. The van der Waals surface area contributed by atoms with Gasteiger partial charge in [-0.05, 0) is 48.4 Å². The highest BCUT2D eigenvalue weighted by atomic mass is 32.2. The number of aryl methyl sites for hydroxylation is 1. The largest absolute Gasteiger partial charge is 0.496 e. The van der Waals surface area contributed by atoms with Gasteiger partial charge in [-0.3, -0.25) is 9.10 Å². The Hall–Kier alpha value is -2.63. The van der Waals surface area contributed by atoms with Crippen LogP contribution in [0.1, 0.15) is 12.0 Å². The van der Waals surface area contributed by atoms with Crippen molar-refractivity contribution in [3.8, 4) is 5.75 Å². The van der Waals surface area contributed by atoms with Crippen molar-refractivity contribution in [1.29, 1.82) is 0 Å². The van der Waals surface area contributed by atoms with Gasteiger partial charge in [0.25, 0.3) is 0 Å². The number of nitrogens with zero attached hydrogens (tertiary/aromatic N) is 2. The average molecular weight is 470 g/mol. The van der Waals surface area contributed by atoms with Crippen LogP contribution in [0.5, 0.6) is 5.75 Å². The topological polar surface area (TPSA) is 113 Å². The van der Waals surface area contributed by atoms with Crippen molar-refractivity contribution >= 4 is 37.3 Å². The Labute approximate surface area is 183 Å². The molecule has 1 amide bonds. The first kappa shape index (κ1) is 24.6. The lowest BCUT2D eigenvalue weighted by atomic mass is 10.1. The van der Waals surface area contributed by atoms with Gasteiger partial charge in [0.05, 0.1) is 23.9 Å². The van der Waals surface area contributed by atoms with E-state index in [9.17, 15) is 21.6 Å². The first-order chi connectivity index (χ1) is 14.4. The third kappa shape index (κ3) is 6.18. The van der Waals surface area contributed by atoms with Crippen LogP contribution < -0.4 is 14.4 Å². The summed E-state index contributed by atoms with van der Waals surface area (Å²) in [5.41, 5.74) is 1.46. The Kier molecular flexibility index (Phi) is 7.68. The lowest BCUT2D eigenvalue weighted by molar-refractivity contribution is -0.116. The molecule has 0 fully saturated rings. The number of methoxy groups -OCH3 is 1. The van der Waals surface area contributed by atoms with Crippen molar-refractivity contribution in [2.24, 2.45) is 0 Å². The van der Waals surface area contributed by atoms with Crippen LogP contribution in [0.4, 0.5) is 11.4 Å². The zero-order valence-electron chi connectivity index (χ0n) is 18.1. The van der Waals surface area contributed by atoms with Crippen LogP contribution in [-0.4, -0.2) is 61.6 Å². The van der Waals surface area contributed by atoms with Crippen LogP contribution >= 0.6 is 0 Å². The van der Waals surface area contributed by atoms with Crippen LogP contribution in [0.15, 0.2) is 47.4 Å². The van der Waals surface area contributed by atoms with Crippen LogP contribution in [0.25, 0.3) is 0 Å². The minimum absolute atomic E-state index is 0.0773. The first-order valence-electron chi connectivity index (χ1n) is 9.29. The molecule has 0 aliphatic carbocycles. The highest BCUT2D eigenvalue weighted by Gasteiger charge is 2.19. The zero-order valence-corrected chi connectivity index (χ0v) is 19.7. The number of hydrogen-bond acceptors (Lipinski definition) is 6. The fraction of sp³-hybridized carbons (Fsp3) is 0.350. The zero-order chi connectivity index (χ0) is 23.4. The molecule has 0 bridgehead atoms. The van der Waals surface area contributed by atoms with Gasteiger partial charge in [-0.2, -0.15) is 0 Å². The van der Waals surface area contributed by atoms with Gasteiger partial charge in [0, 0.05) is 33.3 Å². The summed E-state index contributed by atoms with van der Waals surface area (Å²) in [4.78, 5) is 12.6. The molecule has 9 nitrogen and oxygen atoms in total. The number of benzene rings is 2. The van der Waals surface area contributed by atoms with Gasteiger partial charge < -0.3 is 10.1 Å². The Morgan fingerprint density at radius 1 is 1.03 bits per heavy atom. The SMILES string of the molecule is COc1ccc(S(=O)(=O)N(C)C)cc1CCC(=O)Nc1cccc(N(C)S(C)(=O)=O)c1. The van der Waals surface area contributed by atoms with E-state index < -0.39 is 20.0 Å². The van der Waals surface area contributed by atoms with Crippen LogP contribution in [0, 0.1) is 0 Å². The van der Waals surface area contributed by atoms with Crippen molar-refractivity contribution in [3.05, 3.63) is 48.0 Å². The molecule has 0 spiro atoms. The van der Waals surface area contributed by atoms with Gasteiger partial charge >= 0.3 is 0 Å². The van der Waals surface area contributed by atoms with Crippen molar-refractivity contribution in [2.45, 2.75) is 17.7 Å². The fourth-order valence-corrected chi connectivity index (χ4v) is 4.21. The lowest BCUT2D eigenvalue weighted by Crippen LogP contribution is -2.24. The molecule has 0 unspecified atom stereocenters. The molecule has 2 aromatic rings. The molecule has 2 aromatic carbocycles. The predicted octanol–water partition coefficient (Wildman–Crippen LogP) is 1.91. The molecule has 0 aliphatic heterocycles. The smallest absolute Gasteiger partial charge is 0.242 e. The quantitative estimate of drug-likeness (QED) is 0.600. The first-order valence-corrected chi connectivity index (χ1v) is 12.6. The van der Waals surface area contributed by atoms with Gasteiger partial charge in [0.2, 0.25) is 26.0 Å². The van der Waals surface area contributed by atoms with Gasteiger partial charge in [0.15, 0.2) is 0 Å². The van der Waals surface area contributed by atoms with Crippen LogP contribution in [0.3, 0.4) is 0 Å². The summed E-state index contributed by atoms with van der Waals surface area (Å²) in [6.07, 6.45) is 1.43. The summed E-state index contributed by atoms with van der Waals surface area (Å²) < 4.78 is 55.7. The number of carbonyl (C=O) groups is 1. The van der Waals surface area contributed by atoms with E-state index in [2.05, 4.69) is 5.32 Å². The number of ether oxygens (including phenoxy) is 1. The number of hydrogen-bond donors (Lipinski definition) is 1. The summed E-state index contributed by atoms with van der Waals surface area (Å²) in [5.74, 6) is 0.185. The van der Waals surface area contributed by atoms with E-state index in [1.807, 2.05) is 0 Å². The van der Waals surface area contributed by atoms with E-state index in [-0.39, 0.29) is 23.6 Å². The summed E-state index contributed by atoms with van der Waals surface area (Å²) >= 11 is 0. The van der Waals surface area contributed by atoms with Gasteiger partial charge in [-0.25, -0.2) is 21.1 Å². The summed E-state index contributed by atoms with van der Waals surface area (Å²) in [7, 11) is -1.24. The normalized spacial score (nSPS) is 11.9. The second kappa shape index (κ2) is 9.67. The van der Waals surface area contributed by atoms with Crippen LogP contribution in [0.2, 0.25) is 0 Å². The van der Waals surface area contributed by atoms with E-state index in [1.54, 1.807) is 30.3 Å². The molecule has 31 heavy (non-hydrogen) atoms. The summed E-state index contributed by atoms with van der Waals surface area (Å²) in [6.45, 7) is 0. The number of amides is 1. The van der Waals surface area contributed by atoms with Gasteiger partial charge in [0.1, 0.15) is 5.75 Å². The number of sulfonamides is 2. The second-order valence-corrected chi connectivity index (χ2v) is 11.3. The molecule has 0 aliphatic rings. The van der Waals surface area contributed by atoms with Gasteiger partial charge in [-0.1, -0.05) is 6.07 Å². The number of nitrogens with one attached hydrogen (secondary N) is 1. The summed E-state index contributed by atoms with van der Waals surface area (Å²) in [6, 6.07) is 11.0. The Bertz CT molecular complexity index is 1160. The Morgan fingerprint density at radius 2 is 1.71 bits per heavy atom. The molecule has 0 saturated carbocycles. The molecule has 2 rings (SSSR count). The van der Waals surface area contributed by atoms with Crippen molar-refractivity contribution < 1.29 is 26.4 Å². The van der Waals surface area contributed by atoms with Crippen LogP contribution in [-0.2, 0) is 31.3 Å². The number of anilines is 2. The van der Waals surface area contributed by atoms with Crippen molar-refractivity contribution in [1.82, 2.24) is 4.31 Å². The highest BCUT2D eigenvalue weighted by molar-refractivity contribution is 7.92. The molecular formula is C20H27N3O6S2. The summed E-state index contributed by atoms with van der Waals surface area (Å²) in [5, 5.41) is 2.73. The fourth-order valence-electron chi connectivity index (χ4n) is 2.76. The molecule has 1 N–H and O–H groups in total. The Morgan fingerprint density at radius 3 is 2.29 bits per heavy atom. The molecule has 0 atom stereocenters. The molecule has 0 aromatic heterocycles. The minimum atomic E-state index is -3.61. The highest BCUT2D eigenvalue weighted by Crippen LogP contribution is 2.25. The predicted molar refractivity (Wildman–Crippen MR) is 121 cm³/mol. The molecule has 0 saturated heterocycles. The third-order valence-corrected chi connectivity index (χ3v) is 7.66. The van der Waals surface area contributed by atoms with E-state index in [0.29, 0.717) is 22.7 Å². The third-order valence-electron chi connectivity index (χ3n) is 4.64. The maximum Gasteiger partial charge on any atom is 0.242 e. The molecule has 0 radical (unpaired) electrons. The maximum absolute atomic E-state index is 12.4. The second-order valence-electron chi connectivity index (χ2n) is 7.09. The van der Waals surface area contributed by atoms with Gasteiger partial charge in [-0.15, -0.1) is 0 Å². The van der Waals surface area contributed by atoms with E-state index in [4.69, 9.17) is 4.74 Å². The number of carbonyl (C=O) groups excluding carboxylic acids is 1. The van der Waals surface area contributed by atoms with Crippen molar-refractivity contribution in [2.75, 3.05) is 44.1 Å². The standard InChI is InChI=1S/C20H27N3O6S2/c1-22(2)31(27,28)18-10-11-19(29-4)15(13-18)9-12-20(24)21-16-7-6-8-17(14-16)23(3)30(5,25)26/h6-8,10-11,13-14H,9,12H2,1-5H3,(H,21,24).